The van der Waals surface area contributed by atoms with Crippen molar-refractivity contribution in [3.8, 4) is 11.6 Å². The minimum atomic E-state index is -0.277. The Bertz CT molecular complexity index is 669. The Morgan fingerprint density at radius 2 is 2.00 bits per heavy atom. The maximum atomic E-state index is 11.9. The van der Waals surface area contributed by atoms with Gasteiger partial charge in [-0.25, -0.2) is 4.98 Å². The van der Waals surface area contributed by atoms with Crippen LogP contribution in [0.4, 0.5) is 5.69 Å². The van der Waals surface area contributed by atoms with Gasteiger partial charge in [0.25, 0.3) is 0 Å². The van der Waals surface area contributed by atoms with Crippen molar-refractivity contribution in [3.63, 3.8) is 0 Å². The van der Waals surface area contributed by atoms with Gasteiger partial charge in [0.15, 0.2) is 0 Å². The number of rotatable bonds is 6. The predicted molar refractivity (Wildman–Crippen MR) is 90.0 cm³/mol. The lowest BCUT2D eigenvalue weighted by atomic mass is 10.2. The van der Waals surface area contributed by atoms with E-state index >= 15 is 0 Å². The van der Waals surface area contributed by atoms with Crippen molar-refractivity contribution in [2.45, 2.75) is 31.8 Å². The van der Waals surface area contributed by atoms with Gasteiger partial charge in [0.2, 0.25) is 11.8 Å². The fraction of sp³-hybridized carbons (Fsp3) is 0.294. The summed E-state index contributed by atoms with van der Waals surface area (Å²) in [5.74, 6) is 1.17. The third-order valence-corrected chi connectivity index (χ3v) is 3.70. The molecule has 23 heavy (non-hydrogen) atoms. The Morgan fingerprint density at radius 3 is 2.61 bits per heavy atom. The second-order valence-corrected chi connectivity index (χ2v) is 6.03. The van der Waals surface area contributed by atoms with Crippen molar-refractivity contribution >= 4 is 23.2 Å². The first-order chi connectivity index (χ1) is 11.1. The van der Waals surface area contributed by atoms with Crippen LogP contribution >= 0.6 is 11.6 Å². The molecule has 1 fully saturated rings. The number of hydrogen-bond donors (Lipinski definition) is 2. The van der Waals surface area contributed by atoms with E-state index in [9.17, 15) is 4.79 Å². The highest BCUT2D eigenvalue weighted by atomic mass is 35.5. The number of amides is 1. The van der Waals surface area contributed by atoms with Crippen LogP contribution in [0.1, 0.15) is 19.8 Å². The van der Waals surface area contributed by atoms with Crippen LogP contribution in [0.3, 0.4) is 0 Å². The quantitative estimate of drug-likeness (QED) is 0.848. The Labute approximate surface area is 140 Å². The molecule has 1 aromatic carbocycles. The van der Waals surface area contributed by atoms with Crippen LogP contribution in [-0.2, 0) is 4.79 Å². The third kappa shape index (κ3) is 4.60. The maximum Gasteiger partial charge on any atom is 0.242 e. The summed E-state index contributed by atoms with van der Waals surface area (Å²) in [6.07, 6.45) is 3.71. The normalized spacial score (nSPS) is 14.9. The summed E-state index contributed by atoms with van der Waals surface area (Å²) in [6, 6.07) is 10.9. The van der Waals surface area contributed by atoms with Gasteiger partial charge in [-0.1, -0.05) is 11.6 Å². The maximum absolute atomic E-state index is 11.9. The summed E-state index contributed by atoms with van der Waals surface area (Å²) in [6.45, 7) is 1.85. The van der Waals surface area contributed by atoms with Crippen LogP contribution in [0, 0.1) is 0 Å². The Hall–Kier alpha value is -2.27. The number of halogens is 1. The second-order valence-electron chi connectivity index (χ2n) is 5.59. The molecular formula is C17H18ClN3O2. The van der Waals surface area contributed by atoms with Crippen LogP contribution in [-0.4, -0.2) is 23.0 Å². The highest BCUT2D eigenvalue weighted by Gasteiger charge is 2.25. The molecule has 0 bridgehead atoms. The zero-order valence-electron chi connectivity index (χ0n) is 12.8. The Morgan fingerprint density at radius 1 is 1.26 bits per heavy atom. The van der Waals surface area contributed by atoms with Gasteiger partial charge in [-0.05, 0) is 50.1 Å². The van der Waals surface area contributed by atoms with E-state index in [4.69, 9.17) is 16.3 Å². The van der Waals surface area contributed by atoms with Crippen LogP contribution in [0.25, 0.3) is 0 Å². The van der Waals surface area contributed by atoms with Crippen LogP contribution in [0.5, 0.6) is 11.6 Å². The van der Waals surface area contributed by atoms with Crippen LogP contribution in [0.15, 0.2) is 42.6 Å². The number of aromatic nitrogens is 1. The van der Waals surface area contributed by atoms with Gasteiger partial charge in [0.05, 0.1) is 5.02 Å². The molecule has 0 radical (unpaired) electrons. The van der Waals surface area contributed by atoms with Crippen molar-refractivity contribution in [2.24, 2.45) is 0 Å². The molecule has 1 unspecified atom stereocenters. The van der Waals surface area contributed by atoms with Crippen molar-refractivity contribution in [2.75, 3.05) is 5.32 Å². The van der Waals surface area contributed by atoms with Gasteiger partial charge in [0, 0.05) is 24.0 Å². The molecule has 5 nitrogen and oxygen atoms in total. The molecule has 1 heterocycles. The van der Waals surface area contributed by atoms with E-state index in [2.05, 4.69) is 15.6 Å². The fourth-order valence-corrected chi connectivity index (χ4v) is 2.14. The zero-order chi connectivity index (χ0) is 16.2. The molecule has 2 aromatic rings. The van der Waals surface area contributed by atoms with E-state index in [1.54, 1.807) is 12.1 Å². The minimum Gasteiger partial charge on any atom is -0.439 e. The zero-order valence-corrected chi connectivity index (χ0v) is 13.5. The minimum absolute atomic E-state index is 0.0261. The molecule has 0 spiro atoms. The monoisotopic (exact) mass is 331 g/mol. The van der Waals surface area contributed by atoms with E-state index in [1.165, 1.54) is 6.20 Å². The summed E-state index contributed by atoms with van der Waals surface area (Å²) < 4.78 is 5.62. The van der Waals surface area contributed by atoms with E-state index in [-0.39, 0.29) is 11.9 Å². The number of benzene rings is 1. The number of carbonyl (C=O) groups excluding carboxylic acids is 1. The van der Waals surface area contributed by atoms with Gasteiger partial charge in [-0.15, -0.1) is 0 Å². The largest absolute Gasteiger partial charge is 0.439 e. The molecule has 6 heteroatoms. The van der Waals surface area contributed by atoms with Crippen molar-refractivity contribution in [1.82, 2.24) is 10.3 Å². The predicted octanol–water partition coefficient (Wildman–Crippen LogP) is 3.61. The first kappa shape index (κ1) is 15.6. The molecule has 0 aliphatic heterocycles. The molecule has 1 atom stereocenters. The SMILES string of the molecule is CC(Nc1ccc(Oc2ccc(Cl)cn2)cc1)C(=O)NC1CC1. The van der Waals surface area contributed by atoms with E-state index in [0.29, 0.717) is 22.7 Å². The standard InChI is InChI=1S/C17H18ClN3O2/c1-11(17(22)21-14-3-4-14)20-13-5-7-15(8-6-13)23-16-9-2-12(18)10-19-16/h2,5-11,14,20H,3-4H2,1H3,(H,21,22). The van der Waals surface area contributed by atoms with Gasteiger partial charge < -0.3 is 15.4 Å². The molecule has 1 aromatic heterocycles. The van der Waals surface area contributed by atoms with Gasteiger partial charge >= 0.3 is 0 Å². The van der Waals surface area contributed by atoms with E-state index in [0.717, 1.165) is 18.5 Å². The van der Waals surface area contributed by atoms with Gasteiger partial charge in [0.1, 0.15) is 11.8 Å². The molecule has 1 aliphatic rings. The average molecular weight is 332 g/mol. The smallest absolute Gasteiger partial charge is 0.242 e. The molecule has 1 saturated carbocycles. The first-order valence-electron chi connectivity index (χ1n) is 7.56. The average Bonchev–Trinajstić information content (AvgIpc) is 3.35. The number of nitrogens with one attached hydrogen (secondary N) is 2. The molecule has 3 rings (SSSR count). The second kappa shape index (κ2) is 6.87. The number of hydrogen-bond acceptors (Lipinski definition) is 4. The first-order valence-corrected chi connectivity index (χ1v) is 7.94. The highest BCUT2D eigenvalue weighted by molar-refractivity contribution is 6.30. The molecular weight excluding hydrogens is 314 g/mol. The van der Waals surface area contributed by atoms with Crippen molar-refractivity contribution in [3.05, 3.63) is 47.6 Å². The van der Waals surface area contributed by atoms with E-state index < -0.39 is 0 Å². The number of pyridine rings is 1. The topological polar surface area (TPSA) is 63.2 Å². The van der Waals surface area contributed by atoms with Crippen molar-refractivity contribution < 1.29 is 9.53 Å². The molecule has 120 valence electrons. The summed E-state index contributed by atoms with van der Waals surface area (Å²) in [7, 11) is 0. The molecule has 1 amide bonds. The molecule has 2 N–H and O–H groups in total. The lowest BCUT2D eigenvalue weighted by Gasteiger charge is -2.15. The third-order valence-electron chi connectivity index (χ3n) is 3.48. The number of ether oxygens (including phenoxy) is 1. The Balaban J connectivity index is 1.55. The fourth-order valence-electron chi connectivity index (χ4n) is 2.03. The number of nitrogens with zero attached hydrogens (tertiary/aromatic N) is 1. The number of carbonyl (C=O) groups is 1. The van der Waals surface area contributed by atoms with Gasteiger partial charge in [-0.2, -0.15) is 0 Å². The summed E-state index contributed by atoms with van der Waals surface area (Å²) in [4.78, 5) is 16.0. The summed E-state index contributed by atoms with van der Waals surface area (Å²) in [5.41, 5.74) is 0.861. The van der Waals surface area contributed by atoms with Crippen LogP contribution in [0.2, 0.25) is 5.02 Å². The van der Waals surface area contributed by atoms with E-state index in [1.807, 2.05) is 31.2 Å². The van der Waals surface area contributed by atoms with Crippen molar-refractivity contribution in [1.29, 1.82) is 0 Å². The number of anilines is 1. The highest BCUT2D eigenvalue weighted by Crippen LogP contribution is 2.23. The lowest BCUT2D eigenvalue weighted by molar-refractivity contribution is -0.121. The van der Waals surface area contributed by atoms with Gasteiger partial charge in [-0.3, -0.25) is 4.79 Å². The van der Waals surface area contributed by atoms with Crippen LogP contribution < -0.4 is 15.4 Å². The lowest BCUT2D eigenvalue weighted by Crippen LogP contribution is -2.38. The Kier molecular flexibility index (Phi) is 4.67. The summed E-state index contributed by atoms with van der Waals surface area (Å²) >= 11 is 5.79. The molecule has 1 aliphatic carbocycles. The molecule has 0 saturated heterocycles. The summed E-state index contributed by atoms with van der Waals surface area (Å²) in [5, 5.41) is 6.72.